The molecule has 1 aliphatic carbocycles. The smallest absolute Gasteiger partial charge is 0.240 e. The molecule has 3 nitrogen and oxygen atoms in total. The molecule has 1 fully saturated rings. The Morgan fingerprint density at radius 1 is 1.69 bits per heavy atom. The lowest BCUT2D eigenvalue weighted by Crippen LogP contribution is -2.42. The number of hydrogen-bond donors (Lipinski definition) is 2. The molecule has 0 bridgehead atoms. The van der Waals surface area contributed by atoms with E-state index in [0.29, 0.717) is 6.54 Å². The van der Waals surface area contributed by atoms with E-state index in [4.69, 9.17) is 5.73 Å². The van der Waals surface area contributed by atoms with Crippen molar-refractivity contribution in [3.8, 4) is 0 Å². The number of hydrogen-bond acceptors (Lipinski definition) is 3. The fourth-order valence-electron chi connectivity index (χ4n) is 1.11. The summed E-state index contributed by atoms with van der Waals surface area (Å²) < 4.78 is 0. The van der Waals surface area contributed by atoms with Crippen LogP contribution in [-0.2, 0) is 11.3 Å². The zero-order chi connectivity index (χ0) is 9.31. The van der Waals surface area contributed by atoms with Crippen molar-refractivity contribution in [3.63, 3.8) is 0 Å². The van der Waals surface area contributed by atoms with Gasteiger partial charge in [-0.25, -0.2) is 0 Å². The normalized spacial score (nSPS) is 18.2. The molecule has 13 heavy (non-hydrogen) atoms. The van der Waals surface area contributed by atoms with Gasteiger partial charge in [-0.3, -0.25) is 4.79 Å². The minimum absolute atomic E-state index is 0.0151. The highest BCUT2D eigenvalue weighted by Crippen LogP contribution is 2.32. The van der Waals surface area contributed by atoms with Crippen molar-refractivity contribution in [2.45, 2.75) is 24.9 Å². The molecule has 0 saturated heterocycles. The summed E-state index contributed by atoms with van der Waals surface area (Å²) in [6, 6.07) is 2.00. The quantitative estimate of drug-likeness (QED) is 0.753. The third kappa shape index (κ3) is 1.89. The number of thiophene rings is 1. The molecule has 0 radical (unpaired) electrons. The summed E-state index contributed by atoms with van der Waals surface area (Å²) >= 11 is 1.63. The number of amides is 1. The highest BCUT2D eigenvalue weighted by Gasteiger charge is 2.45. The first-order valence-electron chi connectivity index (χ1n) is 4.29. The molecule has 1 amide bonds. The average molecular weight is 196 g/mol. The van der Waals surface area contributed by atoms with Crippen molar-refractivity contribution >= 4 is 17.2 Å². The molecule has 70 valence electrons. The molecule has 1 heterocycles. The first-order valence-corrected chi connectivity index (χ1v) is 5.23. The summed E-state index contributed by atoms with van der Waals surface area (Å²) in [7, 11) is 0. The Morgan fingerprint density at radius 3 is 3.00 bits per heavy atom. The van der Waals surface area contributed by atoms with Crippen LogP contribution in [0, 0.1) is 0 Å². The van der Waals surface area contributed by atoms with Crippen LogP contribution in [-0.4, -0.2) is 11.4 Å². The Bertz CT molecular complexity index is 303. The maximum atomic E-state index is 11.4. The molecule has 4 heteroatoms. The number of nitrogens with one attached hydrogen (secondary N) is 1. The minimum Gasteiger partial charge on any atom is -0.350 e. The standard InChI is InChI=1S/C9H12N2OS/c10-9(2-3-9)8(12)11-5-7-1-4-13-6-7/h1,4,6H,2-3,5,10H2,(H,11,12). The molecule has 1 aromatic rings. The van der Waals surface area contributed by atoms with E-state index in [9.17, 15) is 4.79 Å². The lowest BCUT2D eigenvalue weighted by molar-refractivity contribution is -0.123. The Balaban J connectivity index is 1.83. The van der Waals surface area contributed by atoms with Crippen molar-refractivity contribution in [1.29, 1.82) is 0 Å². The minimum atomic E-state index is -0.546. The third-order valence-electron chi connectivity index (χ3n) is 2.27. The van der Waals surface area contributed by atoms with Gasteiger partial charge >= 0.3 is 0 Å². The topological polar surface area (TPSA) is 55.1 Å². The van der Waals surface area contributed by atoms with Gasteiger partial charge in [0.1, 0.15) is 0 Å². The highest BCUT2D eigenvalue weighted by atomic mass is 32.1. The number of rotatable bonds is 3. The second kappa shape index (κ2) is 3.12. The van der Waals surface area contributed by atoms with Crippen molar-refractivity contribution in [2.75, 3.05) is 0 Å². The Morgan fingerprint density at radius 2 is 2.46 bits per heavy atom. The van der Waals surface area contributed by atoms with Gasteiger partial charge in [-0.2, -0.15) is 11.3 Å². The SMILES string of the molecule is NC1(C(=O)NCc2ccsc2)CC1. The maximum Gasteiger partial charge on any atom is 0.240 e. The van der Waals surface area contributed by atoms with Crippen LogP contribution in [0.5, 0.6) is 0 Å². The molecule has 1 saturated carbocycles. The molecule has 0 unspecified atom stereocenters. The molecule has 1 aromatic heterocycles. The van der Waals surface area contributed by atoms with E-state index in [1.54, 1.807) is 11.3 Å². The number of carbonyl (C=O) groups is 1. The van der Waals surface area contributed by atoms with E-state index in [1.807, 2.05) is 16.8 Å². The van der Waals surface area contributed by atoms with Gasteiger partial charge in [0.05, 0.1) is 5.54 Å². The fourth-order valence-corrected chi connectivity index (χ4v) is 1.78. The zero-order valence-electron chi connectivity index (χ0n) is 7.25. The molecule has 0 aromatic carbocycles. The Labute approximate surface area is 80.9 Å². The molecule has 2 rings (SSSR count). The largest absolute Gasteiger partial charge is 0.350 e. The first kappa shape index (κ1) is 8.72. The predicted molar refractivity (Wildman–Crippen MR) is 52.3 cm³/mol. The van der Waals surface area contributed by atoms with Gasteiger partial charge in [0.15, 0.2) is 0 Å². The molecule has 0 aliphatic heterocycles. The van der Waals surface area contributed by atoms with E-state index in [0.717, 1.165) is 18.4 Å². The van der Waals surface area contributed by atoms with E-state index >= 15 is 0 Å². The van der Waals surface area contributed by atoms with Gasteiger partial charge in [0.25, 0.3) is 0 Å². The van der Waals surface area contributed by atoms with Crippen LogP contribution in [0.4, 0.5) is 0 Å². The Hall–Kier alpha value is -0.870. The molecule has 0 spiro atoms. The monoisotopic (exact) mass is 196 g/mol. The second-order valence-corrected chi connectivity index (χ2v) is 4.25. The molecular formula is C9H12N2OS. The van der Waals surface area contributed by atoms with Gasteiger partial charge in [-0.15, -0.1) is 0 Å². The lowest BCUT2D eigenvalue weighted by Gasteiger charge is -2.08. The maximum absolute atomic E-state index is 11.4. The van der Waals surface area contributed by atoms with Crippen molar-refractivity contribution in [3.05, 3.63) is 22.4 Å². The van der Waals surface area contributed by atoms with Crippen LogP contribution < -0.4 is 11.1 Å². The van der Waals surface area contributed by atoms with Gasteiger partial charge in [0, 0.05) is 6.54 Å². The summed E-state index contributed by atoms with van der Waals surface area (Å²) in [6.07, 6.45) is 1.64. The Kier molecular flexibility index (Phi) is 2.09. The summed E-state index contributed by atoms with van der Waals surface area (Å²) in [5.74, 6) is -0.0151. The molecular weight excluding hydrogens is 184 g/mol. The van der Waals surface area contributed by atoms with Gasteiger partial charge in [-0.1, -0.05) is 0 Å². The summed E-state index contributed by atoms with van der Waals surface area (Å²) in [5, 5.41) is 6.85. The molecule has 0 atom stereocenters. The van der Waals surface area contributed by atoms with Crippen LogP contribution in [0.15, 0.2) is 16.8 Å². The van der Waals surface area contributed by atoms with E-state index in [1.165, 1.54) is 0 Å². The zero-order valence-corrected chi connectivity index (χ0v) is 8.06. The van der Waals surface area contributed by atoms with E-state index in [2.05, 4.69) is 5.32 Å². The van der Waals surface area contributed by atoms with Crippen LogP contribution >= 0.6 is 11.3 Å². The van der Waals surface area contributed by atoms with E-state index in [-0.39, 0.29) is 5.91 Å². The predicted octanol–water partition coefficient (Wildman–Crippen LogP) is 0.856. The lowest BCUT2D eigenvalue weighted by atomic mass is 10.2. The molecule has 3 N–H and O–H groups in total. The van der Waals surface area contributed by atoms with Crippen LogP contribution in [0.1, 0.15) is 18.4 Å². The van der Waals surface area contributed by atoms with Crippen LogP contribution in [0.25, 0.3) is 0 Å². The van der Waals surface area contributed by atoms with E-state index < -0.39 is 5.54 Å². The van der Waals surface area contributed by atoms with Crippen LogP contribution in [0.3, 0.4) is 0 Å². The summed E-state index contributed by atoms with van der Waals surface area (Å²) in [6.45, 7) is 0.598. The van der Waals surface area contributed by atoms with Gasteiger partial charge in [0.2, 0.25) is 5.91 Å². The van der Waals surface area contributed by atoms with Gasteiger partial charge in [-0.05, 0) is 35.2 Å². The van der Waals surface area contributed by atoms with Crippen molar-refractivity contribution in [1.82, 2.24) is 5.32 Å². The second-order valence-electron chi connectivity index (χ2n) is 3.47. The van der Waals surface area contributed by atoms with Crippen molar-refractivity contribution < 1.29 is 4.79 Å². The van der Waals surface area contributed by atoms with Crippen molar-refractivity contribution in [2.24, 2.45) is 5.73 Å². The number of nitrogens with two attached hydrogens (primary N) is 1. The summed E-state index contributed by atoms with van der Waals surface area (Å²) in [5.41, 5.74) is 6.32. The number of carbonyl (C=O) groups excluding carboxylic acids is 1. The fraction of sp³-hybridized carbons (Fsp3) is 0.444. The molecule has 1 aliphatic rings. The third-order valence-corrected chi connectivity index (χ3v) is 3.01. The van der Waals surface area contributed by atoms with Gasteiger partial charge < -0.3 is 11.1 Å². The summed E-state index contributed by atoms with van der Waals surface area (Å²) in [4.78, 5) is 11.4. The first-order chi connectivity index (χ1) is 6.21. The highest BCUT2D eigenvalue weighted by molar-refractivity contribution is 7.07. The van der Waals surface area contributed by atoms with Crippen LogP contribution in [0.2, 0.25) is 0 Å². The average Bonchev–Trinajstić information content (AvgIpc) is 2.70.